The van der Waals surface area contributed by atoms with Crippen molar-refractivity contribution in [2.24, 2.45) is 0 Å². The minimum atomic E-state index is -1.03. The largest absolute Gasteiger partial charge is 0.481 e. The predicted octanol–water partition coefficient (Wildman–Crippen LogP) is 1.72. The fraction of sp³-hybridized carbons (Fsp3) is 0.294. The van der Waals surface area contributed by atoms with Gasteiger partial charge in [-0.05, 0) is 0 Å². The van der Waals surface area contributed by atoms with Crippen LogP contribution in [-0.4, -0.2) is 45.9 Å². The fourth-order valence-corrected chi connectivity index (χ4v) is 2.93. The molecule has 2 amide bonds. The molecule has 0 unspecified atom stereocenters. The van der Waals surface area contributed by atoms with Crippen molar-refractivity contribution in [3.05, 3.63) is 22.1 Å². The van der Waals surface area contributed by atoms with E-state index in [-0.39, 0.29) is 31.6 Å². The van der Waals surface area contributed by atoms with Crippen LogP contribution in [-0.2, 0) is 23.9 Å². The van der Waals surface area contributed by atoms with E-state index in [0.717, 1.165) is 22.7 Å². The first-order valence-electron chi connectivity index (χ1n) is 8.37. The van der Waals surface area contributed by atoms with E-state index in [9.17, 15) is 19.2 Å². The number of nitriles is 2. The van der Waals surface area contributed by atoms with Gasteiger partial charge in [-0.15, -0.1) is 0 Å². The van der Waals surface area contributed by atoms with Gasteiger partial charge in [-0.25, -0.2) is 9.97 Å². The highest BCUT2D eigenvalue weighted by Gasteiger charge is 2.10. The zero-order valence-corrected chi connectivity index (χ0v) is 17.7. The summed E-state index contributed by atoms with van der Waals surface area (Å²) < 4.78 is 4.40. The Morgan fingerprint density at radius 1 is 0.935 bits per heavy atom. The number of nitrogens with zero attached hydrogens (tertiary/aromatic N) is 4. The molecular formula is C17H16N6O6S2. The van der Waals surface area contributed by atoms with Gasteiger partial charge in [0.05, 0.1) is 32.3 Å². The van der Waals surface area contributed by atoms with Crippen LogP contribution < -0.4 is 10.6 Å². The van der Waals surface area contributed by atoms with Crippen molar-refractivity contribution in [3.63, 3.8) is 0 Å². The van der Waals surface area contributed by atoms with Crippen molar-refractivity contribution in [1.29, 1.82) is 10.5 Å². The third-order valence-electron chi connectivity index (χ3n) is 3.07. The average molecular weight is 464 g/mol. The number of anilines is 2. The molecule has 162 valence electrons. The summed E-state index contributed by atoms with van der Waals surface area (Å²) in [7, 11) is 1.26. The lowest BCUT2D eigenvalue weighted by Crippen LogP contribution is -2.13. The Morgan fingerprint density at radius 3 is 1.74 bits per heavy atom. The number of carboxylic acid groups (broad SMARTS) is 1. The molecule has 0 spiro atoms. The van der Waals surface area contributed by atoms with Gasteiger partial charge in [0.2, 0.25) is 11.8 Å². The second-order valence-electron chi connectivity index (χ2n) is 5.35. The van der Waals surface area contributed by atoms with Crippen molar-refractivity contribution in [2.45, 2.75) is 25.7 Å². The average Bonchev–Trinajstić information content (AvgIpc) is 3.40. The number of aromatic nitrogens is 2. The van der Waals surface area contributed by atoms with Crippen LogP contribution >= 0.6 is 22.7 Å². The number of hydrogen-bond acceptors (Lipinski definition) is 11. The molecule has 0 atom stereocenters. The van der Waals surface area contributed by atoms with E-state index in [4.69, 9.17) is 15.6 Å². The number of amides is 2. The molecule has 0 fully saturated rings. The molecule has 14 heteroatoms. The van der Waals surface area contributed by atoms with Gasteiger partial charge in [0.15, 0.2) is 10.3 Å². The summed E-state index contributed by atoms with van der Waals surface area (Å²) in [5.41, 5.74) is 0. The zero-order valence-electron chi connectivity index (χ0n) is 16.1. The van der Waals surface area contributed by atoms with E-state index in [1.807, 2.05) is 12.1 Å². The summed E-state index contributed by atoms with van der Waals surface area (Å²) in [6, 6.07) is 3.79. The molecule has 2 aromatic heterocycles. The molecule has 0 saturated carbocycles. The molecule has 0 saturated heterocycles. The van der Waals surface area contributed by atoms with Gasteiger partial charge in [-0.2, -0.15) is 10.5 Å². The van der Waals surface area contributed by atoms with Gasteiger partial charge in [0, 0.05) is 12.8 Å². The van der Waals surface area contributed by atoms with E-state index in [1.54, 1.807) is 0 Å². The van der Waals surface area contributed by atoms with Crippen LogP contribution in [0.1, 0.15) is 35.4 Å². The SMILES string of the molecule is COC(=O)CCC(=O)Nc1ncc(C#N)s1.N#Cc1cnc(NC(=O)CCC(=O)O)s1. The zero-order chi connectivity index (χ0) is 23.2. The fourth-order valence-electron chi connectivity index (χ4n) is 1.67. The number of thiazole rings is 2. The van der Waals surface area contributed by atoms with Gasteiger partial charge < -0.3 is 20.5 Å². The van der Waals surface area contributed by atoms with Gasteiger partial charge in [0.1, 0.15) is 21.9 Å². The number of ether oxygens (including phenoxy) is 1. The number of esters is 1. The minimum Gasteiger partial charge on any atom is -0.481 e. The first-order valence-corrected chi connectivity index (χ1v) is 10.0. The number of aliphatic carboxylic acids is 1. The minimum absolute atomic E-state index is 0.0266. The number of methoxy groups -OCH3 is 1. The molecule has 2 aromatic rings. The Bertz CT molecular complexity index is 1020. The Kier molecular flexibility index (Phi) is 10.8. The van der Waals surface area contributed by atoms with Gasteiger partial charge >= 0.3 is 11.9 Å². The van der Waals surface area contributed by atoms with E-state index < -0.39 is 17.8 Å². The highest BCUT2D eigenvalue weighted by atomic mass is 32.1. The summed E-state index contributed by atoms with van der Waals surface area (Å²) in [5, 5.41) is 30.9. The lowest BCUT2D eigenvalue weighted by Gasteiger charge is -2.00. The lowest BCUT2D eigenvalue weighted by molar-refractivity contribution is -0.141. The number of nitrogens with one attached hydrogen (secondary N) is 2. The topological polar surface area (TPSA) is 195 Å². The number of carboxylic acids is 1. The number of carbonyl (C=O) groups excluding carboxylic acids is 3. The molecular weight excluding hydrogens is 448 g/mol. The maximum absolute atomic E-state index is 11.3. The van der Waals surface area contributed by atoms with Gasteiger partial charge in [0.25, 0.3) is 0 Å². The molecule has 12 nitrogen and oxygen atoms in total. The van der Waals surface area contributed by atoms with E-state index in [2.05, 4.69) is 25.3 Å². The third kappa shape index (κ3) is 10.5. The summed E-state index contributed by atoms with van der Waals surface area (Å²) >= 11 is 2.12. The smallest absolute Gasteiger partial charge is 0.306 e. The van der Waals surface area contributed by atoms with Crippen molar-refractivity contribution >= 4 is 56.7 Å². The van der Waals surface area contributed by atoms with Crippen LogP contribution in [0.15, 0.2) is 12.4 Å². The summed E-state index contributed by atoms with van der Waals surface area (Å²) in [5.74, 6) is -2.21. The van der Waals surface area contributed by atoms with Crippen molar-refractivity contribution < 1.29 is 29.0 Å². The lowest BCUT2D eigenvalue weighted by atomic mass is 10.3. The first kappa shape index (κ1) is 25.2. The maximum atomic E-state index is 11.3. The standard InChI is InChI=1S/C9H9N3O3S.C8H7N3O3S/c1-15-8(14)3-2-7(13)12-9-11-5-6(4-10)16-9;9-3-5-4-10-8(15-5)11-6(12)1-2-7(13)14/h5H,2-3H2,1H3,(H,11,12,13);4H,1-2H2,(H,13,14)(H,10,11,12). The van der Waals surface area contributed by atoms with Gasteiger partial charge in [-0.1, -0.05) is 22.7 Å². The van der Waals surface area contributed by atoms with Crippen molar-refractivity contribution in [1.82, 2.24) is 9.97 Å². The third-order valence-corrected chi connectivity index (χ3v) is 4.71. The highest BCUT2D eigenvalue weighted by molar-refractivity contribution is 7.16. The van der Waals surface area contributed by atoms with E-state index >= 15 is 0 Å². The van der Waals surface area contributed by atoms with Crippen LogP contribution in [0.5, 0.6) is 0 Å². The number of carbonyl (C=O) groups is 4. The second-order valence-corrected chi connectivity index (χ2v) is 7.41. The van der Waals surface area contributed by atoms with Crippen LogP contribution in [0.2, 0.25) is 0 Å². The molecule has 0 aliphatic rings. The quantitative estimate of drug-likeness (QED) is 0.484. The maximum Gasteiger partial charge on any atom is 0.306 e. The molecule has 0 aromatic carbocycles. The molecule has 31 heavy (non-hydrogen) atoms. The van der Waals surface area contributed by atoms with E-state index in [0.29, 0.717) is 20.0 Å². The van der Waals surface area contributed by atoms with Crippen LogP contribution in [0.25, 0.3) is 0 Å². The molecule has 2 rings (SSSR count). The van der Waals surface area contributed by atoms with Crippen LogP contribution in [0.3, 0.4) is 0 Å². The van der Waals surface area contributed by atoms with Crippen LogP contribution in [0, 0.1) is 22.7 Å². The van der Waals surface area contributed by atoms with Gasteiger partial charge in [-0.3, -0.25) is 19.2 Å². The summed E-state index contributed by atoms with van der Waals surface area (Å²) in [6.45, 7) is 0. The summed E-state index contributed by atoms with van der Waals surface area (Å²) in [6.07, 6.45) is 2.46. The molecule has 0 radical (unpaired) electrons. The highest BCUT2D eigenvalue weighted by Crippen LogP contribution is 2.17. The van der Waals surface area contributed by atoms with E-state index in [1.165, 1.54) is 19.5 Å². The Labute approximate surface area is 184 Å². The first-order chi connectivity index (χ1) is 14.8. The monoisotopic (exact) mass is 464 g/mol. The van der Waals surface area contributed by atoms with Crippen LogP contribution in [0.4, 0.5) is 10.3 Å². The van der Waals surface area contributed by atoms with Crippen molar-refractivity contribution in [3.8, 4) is 12.1 Å². The molecule has 0 aliphatic carbocycles. The molecule has 2 heterocycles. The molecule has 3 N–H and O–H groups in total. The second kappa shape index (κ2) is 13.4. The Hall–Kier alpha value is -3.88. The molecule has 0 aliphatic heterocycles. The van der Waals surface area contributed by atoms with Crippen molar-refractivity contribution in [2.75, 3.05) is 17.7 Å². The number of rotatable bonds is 8. The Balaban J connectivity index is 0.000000311. The normalized spacial score (nSPS) is 9.26. The Morgan fingerprint density at radius 2 is 1.39 bits per heavy atom. The summed E-state index contributed by atoms with van der Waals surface area (Å²) in [4.78, 5) is 51.8. The number of hydrogen-bond donors (Lipinski definition) is 3. The predicted molar refractivity (Wildman–Crippen MR) is 109 cm³/mol. The molecule has 0 bridgehead atoms.